The lowest BCUT2D eigenvalue weighted by molar-refractivity contribution is -0.236. The number of likely N-dealkylation sites (N-methyl/N-ethyl adjacent to an activating group) is 1. The van der Waals surface area contributed by atoms with Crippen LogP contribution in [0, 0.1) is 53.1 Å². The maximum atomic E-state index is 15.8. The molecular weight excluding hydrogens is 803 g/mol. The van der Waals surface area contributed by atoms with Gasteiger partial charge in [-0.1, -0.05) is 39.8 Å². The first-order chi connectivity index (χ1) is 29.6. The van der Waals surface area contributed by atoms with Gasteiger partial charge in [0.1, 0.15) is 18.3 Å². The minimum Gasteiger partial charge on any atom is -0.462 e. The van der Waals surface area contributed by atoms with Crippen LogP contribution in [-0.4, -0.2) is 131 Å². The van der Waals surface area contributed by atoms with E-state index >= 15 is 9.18 Å². The number of hydrogen-bond acceptors (Lipinski definition) is 12. The lowest BCUT2D eigenvalue weighted by atomic mass is 9.66. The van der Waals surface area contributed by atoms with Crippen LogP contribution in [-0.2, 0) is 42.7 Å². The number of nitrogens with zero attached hydrogens (tertiary/aromatic N) is 2. The third-order valence-corrected chi connectivity index (χ3v) is 15.5. The predicted molar refractivity (Wildman–Crippen MR) is 228 cm³/mol. The van der Waals surface area contributed by atoms with Gasteiger partial charge in [0.05, 0.1) is 48.6 Å². The van der Waals surface area contributed by atoms with Crippen LogP contribution in [0.3, 0.4) is 0 Å². The molecule has 3 saturated heterocycles. The normalized spacial score (nSPS) is 38.2. The molecule has 1 aromatic rings. The second-order valence-corrected chi connectivity index (χ2v) is 19.5. The highest BCUT2D eigenvalue weighted by Gasteiger charge is 2.69. The number of allylic oxidation sites excluding steroid dienone is 2. The first-order valence-electron chi connectivity index (χ1n) is 23.2. The van der Waals surface area contributed by atoms with Crippen LogP contribution in [0.25, 0.3) is 0 Å². The molecule has 12 nitrogen and oxygen atoms in total. The Morgan fingerprint density at radius 2 is 1.65 bits per heavy atom. The molecular formula is C48H72F2N2O10. The van der Waals surface area contributed by atoms with Gasteiger partial charge in [0.25, 0.3) is 0 Å². The first-order valence-corrected chi connectivity index (χ1v) is 23.2. The van der Waals surface area contributed by atoms with Crippen molar-refractivity contribution >= 4 is 17.4 Å². The summed E-state index contributed by atoms with van der Waals surface area (Å²) in [6, 6.07) is 4.06. The molecule has 3 aliphatic heterocycles. The average molecular weight is 875 g/mol. The number of hydrogen-bond donors (Lipinski definition) is 1. The molecule has 2 saturated carbocycles. The summed E-state index contributed by atoms with van der Waals surface area (Å²) in [5.74, 6) is -3.71. The number of anilines is 1. The Morgan fingerprint density at radius 1 is 0.935 bits per heavy atom. The molecule has 62 heavy (non-hydrogen) atoms. The number of carbonyl (C=O) groups is 2. The lowest BCUT2D eigenvalue weighted by Crippen LogP contribution is -2.50. The minimum atomic E-state index is -1.35. The summed E-state index contributed by atoms with van der Waals surface area (Å²) >= 11 is 0. The van der Waals surface area contributed by atoms with Crippen LogP contribution < -0.4 is 4.90 Å². The minimum absolute atomic E-state index is 0.00578. The van der Waals surface area contributed by atoms with Gasteiger partial charge in [0.15, 0.2) is 30.0 Å². The number of cyclic esters (lactones) is 1. The van der Waals surface area contributed by atoms with Gasteiger partial charge in [0.2, 0.25) is 0 Å². The molecule has 6 aliphatic rings. The van der Waals surface area contributed by atoms with Crippen LogP contribution in [0.2, 0.25) is 0 Å². The Labute approximate surface area is 367 Å². The van der Waals surface area contributed by atoms with Crippen LogP contribution in [0.5, 0.6) is 0 Å². The van der Waals surface area contributed by atoms with Crippen LogP contribution in [0.15, 0.2) is 29.8 Å². The van der Waals surface area contributed by atoms with Crippen molar-refractivity contribution in [1.82, 2.24) is 4.90 Å². The van der Waals surface area contributed by atoms with Gasteiger partial charge in [-0.05, 0) is 120 Å². The molecule has 1 N–H and O–H groups in total. The molecule has 0 bridgehead atoms. The number of aliphatic hydroxyl groups excluding tert-OH is 1. The summed E-state index contributed by atoms with van der Waals surface area (Å²) in [6.45, 7) is 10.0. The zero-order valence-electron chi connectivity index (χ0n) is 38.4. The average Bonchev–Trinajstić information content (AvgIpc) is 3.62. The molecule has 5 fully saturated rings. The fourth-order valence-corrected chi connectivity index (χ4v) is 12.5. The number of halogens is 2. The Kier molecular flexibility index (Phi) is 15.2. The number of benzene rings is 1. The fraction of sp³-hybridized carbons (Fsp3) is 0.792. The summed E-state index contributed by atoms with van der Waals surface area (Å²) in [6.07, 6.45) is 2.68. The summed E-state index contributed by atoms with van der Waals surface area (Å²) in [7, 11) is 8.78. The van der Waals surface area contributed by atoms with E-state index in [0.29, 0.717) is 44.1 Å². The second-order valence-electron chi connectivity index (χ2n) is 19.5. The second kappa shape index (κ2) is 19.9. The van der Waals surface area contributed by atoms with Crippen molar-refractivity contribution in [2.24, 2.45) is 41.4 Å². The zero-order valence-corrected chi connectivity index (χ0v) is 38.4. The standard InChI is InChI=1S/C48H72F2N2O10/c1-11-27-14-12-17-37(62-39-19-18-35(51(6)7)26(5)59-39)25(4)44(54)33-22-30-29-20-28(61-48(55)47(58-10)46(57-9)45(56-8)24(2)3)21-32(29)42-43(40(30)31(33)23-38(53)60-27)52(42)36-16-13-15-34(49)41(36)50/h13,15-16,22,24-32,35,37,39-40,42-43,45-48,55H,11-12,14,17-21,23H2,1-10H3/t25-,26?,27+,28+,29+,30+,31-,32-,35+,37+,39+,40-,42+,43-,45+,46?,47+,48+,52?/m1/s1. The predicted octanol–water partition coefficient (Wildman–Crippen LogP) is 6.70. The van der Waals surface area contributed by atoms with Gasteiger partial charge in [-0.2, -0.15) is 0 Å². The molecule has 0 spiro atoms. The number of methoxy groups -OCH3 is 3. The van der Waals surface area contributed by atoms with E-state index in [0.717, 1.165) is 18.9 Å². The molecule has 7 rings (SSSR count). The van der Waals surface area contributed by atoms with E-state index in [-0.39, 0.29) is 89.9 Å². The van der Waals surface area contributed by atoms with Gasteiger partial charge < -0.3 is 48.1 Å². The maximum Gasteiger partial charge on any atom is 0.306 e. The Hall–Kier alpha value is -2.56. The topological polar surface area (TPSA) is 125 Å². The van der Waals surface area contributed by atoms with Crippen molar-refractivity contribution in [3.63, 3.8) is 0 Å². The summed E-state index contributed by atoms with van der Waals surface area (Å²) < 4.78 is 73.9. The van der Waals surface area contributed by atoms with Gasteiger partial charge in [0, 0.05) is 39.2 Å². The number of carbonyl (C=O) groups excluding carboxylic acids is 2. The molecule has 2 unspecified atom stereocenters. The van der Waals surface area contributed by atoms with E-state index in [9.17, 15) is 14.3 Å². The number of ether oxygens (including phenoxy) is 7. The van der Waals surface area contributed by atoms with Crippen LogP contribution in [0.1, 0.15) is 92.4 Å². The third kappa shape index (κ3) is 9.28. The molecule has 3 heterocycles. The number of rotatable bonds is 14. The summed E-state index contributed by atoms with van der Waals surface area (Å²) in [5.41, 5.74) is 0.765. The monoisotopic (exact) mass is 875 g/mol. The van der Waals surface area contributed by atoms with E-state index in [1.165, 1.54) is 13.2 Å². The Bertz CT molecular complexity index is 1750. The zero-order chi connectivity index (χ0) is 44.7. The molecule has 0 aromatic heterocycles. The van der Waals surface area contributed by atoms with Crippen molar-refractivity contribution in [1.29, 1.82) is 0 Å². The van der Waals surface area contributed by atoms with E-state index in [2.05, 4.69) is 32.0 Å². The molecule has 18 atom stereocenters. The number of aliphatic hydroxyl groups is 1. The molecule has 3 aliphatic carbocycles. The number of ketones is 1. The number of esters is 1. The Balaban J connectivity index is 1.21. The fourth-order valence-electron chi connectivity index (χ4n) is 12.5. The van der Waals surface area contributed by atoms with Crippen molar-refractivity contribution in [2.75, 3.05) is 40.3 Å². The third-order valence-electron chi connectivity index (χ3n) is 15.5. The van der Waals surface area contributed by atoms with E-state index in [1.807, 2.05) is 32.6 Å². The van der Waals surface area contributed by atoms with Gasteiger partial charge in [-0.3, -0.25) is 9.59 Å². The molecule has 0 radical (unpaired) electrons. The molecule has 0 amide bonds. The van der Waals surface area contributed by atoms with Crippen LogP contribution >= 0.6 is 0 Å². The van der Waals surface area contributed by atoms with E-state index < -0.39 is 60.5 Å². The van der Waals surface area contributed by atoms with Gasteiger partial charge in [-0.15, -0.1) is 0 Å². The van der Waals surface area contributed by atoms with Gasteiger partial charge >= 0.3 is 5.97 Å². The van der Waals surface area contributed by atoms with Crippen LogP contribution in [0.4, 0.5) is 14.5 Å². The highest BCUT2D eigenvalue weighted by atomic mass is 19.2. The lowest BCUT2D eigenvalue weighted by Gasteiger charge is -2.40. The number of Topliss-reactive ketones (excluding diaryl/α,β-unsaturated/α-hetero) is 1. The Morgan fingerprint density at radius 3 is 2.29 bits per heavy atom. The van der Waals surface area contributed by atoms with Crippen molar-refractivity contribution in [3.05, 3.63) is 41.5 Å². The highest BCUT2D eigenvalue weighted by Crippen LogP contribution is 2.65. The SMILES string of the molecule is CC[C@H]1CCC[C@H](O[C@H]2CC[C@H](N(C)C)C(C)O2)[C@@H](C)C(=O)C2=C[C@H]3[C@@H]4C[C@H](O[C@H](O)[C@@H](OC)C(OC)[C@@H](OC)C(C)C)C[C@H]4[C@H]4[C@@H]([C@H]3[C@@H]2CC(=O)O1)N4c1cccc(F)c1F. The first kappa shape index (κ1) is 47.4. The van der Waals surface area contributed by atoms with E-state index in [1.54, 1.807) is 20.3 Å². The van der Waals surface area contributed by atoms with Crippen molar-refractivity contribution < 1.29 is 56.6 Å². The largest absolute Gasteiger partial charge is 0.462 e. The summed E-state index contributed by atoms with van der Waals surface area (Å²) in [4.78, 5) is 33.2. The number of fused-ring (bicyclic) bond motifs is 8. The molecule has 1 aromatic carbocycles. The maximum absolute atomic E-state index is 15.8. The summed E-state index contributed by atoms with van der Waals surface area (Å²) in [5, 5.41) is 11.6. The highest BCUT2D eigenvalue weighted by molar-refractivity contribution is 5.99. The molecule has 348 valence electrons. The molecule has 14 heteroatoms. The van der Waals surface area contributed by atoms with Crippen molar-refractivity contribution in [2.45, 2.75) is 166 Å². The van der Waals surface area contributed by atoms with E-state index in [4.69, 9.17) is 33.2 Å². The smallest absolute Gasteiger partial charge is 0.306 e. The van der Waals surface area contributed by atoms with Gasteiger partial charge in [-0.25, -0.2) is 8.78 Å². The quantitative estimate of drug-likeness (QED) is 0.122. The van der Waals surface area contributed by atoms with Crippen molar-refractivity contribution in [3.8, 4) is 0 Å².